The lowest BCUT2D eigenvalue weighted by molar-refractivity contribution is -0.384. The molecular weight excluding hydrogens is 270 g/mol. The van der Waals surface area contributed by atoms with E-state index in [2.05, 4.69) is 15.3 Å². The molecule has 0 fully saturated rings. The fraction of sp³-hybridized carbons (Fsp3) is 0.0714. The first kappa shape index (κ1) is 14.1. The van der Waals surface area contributed by atoms with Crippen LogP contribution in [0.25, 0.3) is 0 Å². The first-order valence-corrected chi connectivity index (χ1v) is 6.04. The SMILES string of the molecule is N#CNC(=NCc1ccc([N+](=O)[O-])cc1)c1cccnc1. The number of rotatable bonds is 4. The third-order valence-electron chi connectivity index (χ3n) is 2.68. The van der Waals surface area contributed by atoms with Gasteiger partial charge in [-0.3, -0.25) is 25.4 Å². The van der Waals surface area contributed by atoms with Gasteiger partial charge in [-0.05, 0) is 17.7 Å². The van der Waals surface area contributed by atoms with E-state index in [1.54, 1.807) is 36.7 Å². The number of hydrogen-bond acceptors (Lipinski definition) is 5. The van der Waals surface area contributed by atoms with Crippen molar-refractivity contribution in [1.29, 1.82) is 5.26 Å². The number of nitro groups is 1. The quantitative estimate of drug-likeness (QED) is 0.230. The molecule has 0 unspecified atom stereocenters. The van der Waals surface area contributed by atoms with Gasteiger partial charge in [0.05, 0.1) is 11.5 Å². The Balaban J connectivity index is 2.17. The normalized spacial score (nSPS) is 10.7. The summed E-state index contributed by atoms with van der Waals surface area (Å²) in [5.74, 6) is 0.406. The fourth-order valence-corrected chi connectivity index (χ4v) is 1.65. The minimum Gasteiger partial charge on any atom is -0.277 e. The highest BCUT2D eigenvalue weighted by Crippen LogP contribution is 2.12. The molecule has 0 amide bonds. The number of non-ortho nitro benzene ring substituents is 1. The second-order valence-corrected chi connectivity index (χ2v) is 4.07. The van der Waals surface area contributed by atoms with E-state index in [9.17, 15) is 10.1 Å². The summed E-state index contributed by atoms with van der Waals surface area (Å²) in [4.78, 5) is 18.4. The average Bonchev–Trinajstić information content (AvgIpc) is 2.52. The molecule has 0 bridgehead atoms. The predicted octanol–water partition coefficient (Wildman–Crippen LogP) is 2.01. The summed E-state index contributed by atoms with van der Waals surface area (Å²) in [7, 11) is 0. The molecule has 21 heavy (non-hydrogen) atoms. The van der Waals surface area contributed by atoms with Crippen molar-refractivity contribution in [1.82, 2.24) is 10.3 Å². The lowest BCUT2D eigenvalue weighted by Gasteiger charge is -2.04. The minimum absolute atomic E-state index is 0.0327. The maximum atomic E-state index is 10.6. The monoisotopic (exact) mass is 281 g/mol. The molecule has 0 atom stereocenters. The number of benzene rings is 1. The van der Waals surface area contributed by atoms with Crippen LogP contribution in [0.2, 0.25) is 0 Å². The van der Waals surface area contributed by atoms with Gasteiger partial charge in [0, 0.05) is 30.1 Å². The summed E-state index contributed by atoms with van der Waals surface area (Å²) >= 11 is 0. The predicted molar refractivity (Wildman–Crippen MR) is 76.3 cm³/mol. The first-order valence-electron chi connectivity index (χ1n) is 6.04. The summed E-state index contributed by atoms with van der Waals surface area (Å²) in [5.41, 5.74) is 1.54. The third kappa shape index (κ3) is 3.84. The summed E-state index contributed by atoms with van der Waals surface area (Å²) in [5, 5.41) is 21.8. The zero-order valence-electron chi connectivity index (χ0n) is 10.9. The number of nitrogens with one attached hydrogen (secondary N) is 1. The number of nitriles is 1. The first-order chi connectivity index (χ1) is 10.2. The van der Waals surface area contributed by atoms with Crippen LogP contribution in [0.1, 0.15) is 11.1 Å². The molecule has 0 saturated carbocycles. The fourth-order valence-electron chi connectivity index (χ4n) is 1.65. The van der Waals surface area contributed by atoms with Crippen LogP contribution in [0.3, 0.4) is 0 Å². The topological polar surface area (TPSA) is 104 Å². The maximum absolute atomic E-state index is 10.6. The van der Waals surface area contributed by atoms with E-state index in [1.165, 1.54) is 12.1 Å². The Morgan fingerprint density at radius 2 is 2.14 bits per heavy atom. The van der Waals surface area contributed by atoms with Gasteiger partial charge in [0.1, 0.15) is 5.84 Å². The van der Waals surface area contributed by atoms with Crippen molar-refractivity contribution in [3.05, 3.63) is 70.0 Å². The van der Waals surface area contributed by atoms with Crippen LogP contribution in [-0.4, -0.2) is 15.7 Å². The van der Waals surface area contributed by atoms with E-state index in [1.807, 2.05) is 6.19 Å². The van der Waals surface area contributed by atoms with Gasteiger partial charge in [0.15, 0.2) is 6.19 Å². The number of aromatic nitrogens is 1. The van der Waals surface area contributed by atoms with Crippen LogP contribution in [0.5, 0.6) is 0 Å². The van der Waals surface area contributed by atoms with E-state index < -0.39 is 4.92 Å². The second-order valence-electron chi connectivity index (χ2n) is 4.07. The lowest BCUT2D eigenvalue weighted by atomic mass is 10.2. The molecule has 0 radical (unpaired) electrons. The summed E-state index contributed by atoms with van der Waals surface area (Å²) in [6.45, 7) is 0.302. The van der Waals surface area contributed by atoms with Crippen molar-refractivity contribution >= 4 is 11.5 Å². The maximum Gasteiger partial charge on any atom is 0.269 e. The molecule has 1 aromatic carbocycles. The molecule has 1 heterocycles. The Morgan fingerprint density at radius 1 is 1.38 bits per heavy atom. The number of nitro benzene ring substituents is 1. The van der Waals surface area contributed by atoms with Crippen molar-refractivity contribution in [3.63, 3.8) is 0 Å². The molecule has 0 aliphatic carbocycles. The van der Waals surface area contributed by atoms with Gasteiger partial charge in [-0.15, -0.1) is 0 Å². The van der Waals surface area contributed by atoms with Gasteiger partial charge >= 0.3 is 0 Å². The molecule has 1 aromatic heterocycles. The Hall–Kier alpha value is -3.27. The van der Waals surface area contributed by atoms with Crippen molar-refractivity contribution in [2.45, 2.75) is 6.54 Å². The zero-order valence-corrected chi connectivity index (χ0v) is 10.9. The number of aliphatic imine (C=N–C) groups is 1. The minimum atomic E-state index is -0.453. The summed E-state index contributed by atoms with van der Waals surface area (Å²) in [6.07, 6.45) is 5.05. The molecule has 1 N–H and O–H groups in total. The Morgan fingerprint density at radius 3 is 2.71 bits per heavy atom. The Bertz CT molecular complexity index is 690. The molecule has 2 aromatic rings. The Labute approximate surface area is 120 Å². The van der Waals surface area contributed by atoms with Crippen LogP contribution in [0, 0.1) is 21.6 Å². The van der Waals surface area contributed by atoms with E-state index in [0.717, 1.165) is 5.56 Å². The highest BCUT2D eigenvalue weighted by atomic mass is 16.6. The van der Waals surface area contributed by atoms with Crippen LogP contribution in [0.4, 0.5) is 5.69 Å². The van der Waals surface area contributed by atoms with Crippen LogP contribution >= 0.6 is 0 Å². The van der Waals surface area contributed by atoms with E-state index in [-0.39, 0.29) is 5.69 Å². The number of pyridine rings is 1. The van der Waals surface area contributed by atoms with Gasteiger partial charge < -0.3 is 0 Å². The van der Waals surface area contributed by atoms with Gasteiger partial charge in [-0.2, -0.15) is 5.26 Å². The van der Waals surface area contributed by atoms with E-state index in [4.69, 9.17) is 5.26 Å². The molecule has 0 aliphatic heterocycles. The average molecular weight is 281 g/mol. The number of amidine groups is 1. The van der Waals surface area contributed by atoms with E-state index >= 15 is 0 Å². The smallest absolute Gasteiger partial charge is 0.269 e. The standard InChI is InChI=1S/C14H11N5O2/c15-10-18-14(12-2-1-7-16-9-12)17-8-11-3-5-13(6-4-11)19(20)21/h1-7,9H,8H2,(H,17,18). The summed E-state index contributed by atoms with van der Waals surface area (Å²) < 4.78 is 0. The van der Waals surface area contributed by atoms with Crippen LogP contribution in [0.15, 0.2) is 53.8 Å². The molecule has 104 valence electrons. The number of hydrogen-bond donors (Lipinski definition) is 1. The van der Waals surface area contributed by atoms with Crippen molar-refractivity contribution < 1.29 is 4.92 Å². The van der Waals surface area contributed by atoms with Crippen molar-refractivity contribution in [2.24, 2.45) is 4.99 Å². The van der Waals surface area contributed by atoms with Crippen LogP contribution in [-0.2, 0) is 6.54 Å². The molecule has 2 rings (SSSR count). The largest absolute Gasteiger partial charge is 0.277 e. The summed E-state index contributed by atoms with van der Waals surface area (Å²) in [6, 6.07) is 9.64. The second kappa shape index (κ2) is 6.77. The Kier molecular flexibility index (Phi) is 4.56. The molecule has 7 heteroatoms. The molecular formula is C14H11N5O2. The van der Waals surface area contributed by atoms with Gasteiger partial charge in [0.2, 0.25) is 0 Å². The third-order valence-corrected chi connectivity index (χ3v) is 2.68. The van der Waals surface area contributed by atoms with Crippen molar-refractivity contribution in [3.8, 4) is 6.19 Å². The van der Waals surface area contributed by atoms with E-state index in [0.29, 0.717) is 17.9 Å². The van der Waals surface area contributed by atoms with Crippen molar-refractivity contribution in [2.75, 3.05) is 0 Å². The highest BCUT2D eigenvalue weighted by Gasteiger charge is 2.05. The molecule has 0 spiro atoms. The zero-order chi connectivity index (χ0) is 15.1. The van der Waals surface area contributed by atoms with Gasteiger partial charge in [0.25, 0.3) is 5.69 Å². The molecule has 0 aliphatic rings. The van der Waals surface area contributed by atoms with Crippen LogP contribution < -0.4 is 5.32 Å². The molecule has 7 nitrogen and oxygen atoms in total. The van der Waals surface area contributed by atoms with Gasteiger partial charge in [-0.25, -0.2) is 0 Å². The molecule has 0 saturated heterocycles. The highest BCUT2D eigenvalue weighted by molar-refractivity contribution is 5.99. The number of nitrogens with zero attached hydrogens (tertiary/aromatic N) is 4. The lowest BCUT2D eigenvalue weighted by Crippen LogP contribution is -2.19. The van der Waals surface area contributed by atoms with Gasteiger partial charge in [-0.1, -0.05) is 12.1 Å².